The lowest BCUT2D eigenvalue weighted by molar-refractivity contribution is 0.102. The van der Waals surface area contributed by atoms with E-state index >= 15 is 0 Å². The number of amides is 1. The van der Waals surface area contributed by atoms with Crippen LogP contribution in [0.3, 0.4) is 0 Å². The summed E-state index contributed by atoms with van der Waals surface area (Å²) in [5, 5.41) is 3.29. The molecule has 4 nitrogen and oxygen atoms in total. The molecule has 0 saturated heterocycles. The first-order valence-corrected chi connectivity index (χ1v) is 6.31. The number of aromatic nitrogens is 1. The summed E-state index contributed by atoms with van der Waals surface area (Å²) in [7, 11) is 1.61. The molecule has 5 heteroatoms. The minimum absolute atomic E-state index is 0.179. The third-order valence-corrected chi connectivity index (χ3v) is 3.64. The Balaban J connectivity index is 2.10. The van der Waals surface area contributed by atoms with E-state index in [2.05, 4.69) is 10.3 Å². The molecule has 0 aliphatic heterocycles. The van der Waals surface area contributed by atoms with Crippen LogP contribution in [0.5, 0.6) is 5.75 Å². The van der Waals surface area contributed by atoms with E-state index < -0.39 is 0 Å². The lowest BCUT2D eigenvalue weighted by atomic mass is 10.3. The number of hydrogen-bond donors (Lipinski definition) is 1. The Hall–Kier alpha value is -1.88. The molecule has 94 valence electrons. The highest BCUT2D eigenvalue weighted by Gasteiger charge is 2.12. The van der Waals surface area contributed by atoms with Gasteiger partial charge in [0.2, 0.25) is 0 Å². The molecule has 0 radical (unpaired) electrons. The van der Waals surface area contributed by atoms with Gasteiger partial charge < -0.3 is 10.1 Å². The molecule has 1 heterocycles. The summed E-state index contributed by atoms with van der Waals surface area (Å²) in [5.41, 5.74) is 1.63. The SMILES string of the molecule is COc1ccc(NC(=O)c2nc(C)c(C)s2)cc1. The molecule has 0 unspecified atom stereocenters. The molecule has 2 aromatic rings. The minimum Gasteiger partial charge on any atom is -0.497 e. The number of carbonyl (C=O) groups excluding carboxylic acids is 1. The van der Waals surface area contributed by atoms with E-state index in [0.29, 0.717) is 5.01 Å². The molecule has 0 saturated carbocycles. The summed E-state index contributed by atoms with van der Waals surface area (Å²) < 4.78 is 5.05. The monoisotopic (exact) mass is 262 g/mol. The van der Waals surface area contributed by atoms with E-state index in [-0.39, 0.29) is 5.91 Å². The van der Waals surface area contributed by atoms with Crippen LogP contribution in [0, 0.1) is 13.8 Å². The Labute approximate surface area is 110 Å². The number of hydrogen-bond acceptors (Lipinski definition) is 4. The molecular weight excluding hydrogens is 248 g/mol. The van der Waals surface area contributed by atoms with Crippen LogP contribution in [0.2, 0.25) is 0 Å². The van der Waals surface area contributed by atoms with E-state index in [1.165, 1.54) is 11.3 Å². The van der Waals surface area contributed by atoms with Gasteiger partial charge in [-0.1, -0.05) is 0 Å². The van der Waals surface area contributed by atoms with Crippen LogP contribution in [-0.2, 0) is 0 Å². The predicted molar refractivity (Wildman–Crippen MR) is 72.5 cm³/mol. The van der Waals surface area contributed by atoms with Crippen molar-refractivity contribution in [1.82, 2.24) is 4.98 Å². The normalized spacial score (nSPS) is 10.2. The van der Waals surface area contributed by atoms with Crippen molar-refractivity contribution in [1.29, 1.82) is 0 Å². The number of anilines is 1. The Morgan fingerprint density at radius 3 is 2.44 bits per heavy atom. The van der Waals surface area contributed by atoms with Crippen molar-refractivity contribution < 1.29 is 9.53 Å². The van der Waals surface area contributed by atoms with E-state index in [1.807, 2.05) is 13.8 Å². The Bertz CT molecular complexity index is 541. The first-order valence-electron chi connectivity index (χ1n) is 5.49. The van der Waals surface area contributed by atoms with Gasteiger partial charge in [-0.3, -0.25) is 4.79 Å². The highest BCUT2D eigenvalue weighted by atomic mass is 32.1. The molecule has 1 amide bonds. The van der Waals surface area contributed by atoms with Crippen LogP contribution >= 0.6 is 11.3 Å². The van der Waals surface area contributed by atoms with Gasteiger partial charge in [-0.25, -0.2) is 4.98 Å². The van der Waals surface area contributed by atoms with E-state index in [4.69, 9.17) is 4.74 Å². The summed E-state index contributed by atoms with van der Waals surface area (Å²) in [6, 6.07) is 7.19. The summed E-state index contributed by atoms with van der Waals surface area (Å²) in [4.78, 5) is 17.2. The van der Waals surface area contributed by atoms with Crippen molar-refractivity contribution in [2.24, 2.45) is 0 Å². The van der Waals surface area contributed by atoms with Crippen LogP contribution in [0.15, 0.2) is 24.3 Å². The first kappa shape index (κ1) is 12.6. The van der Waals surface area contributed by atoms with Crippen LogP contribution in [0.25, 0.3) is 0 Å². The molecule has 18 heavy (non-hydrogen) atoms. The molecule has 0 bridgehead atoms. The third-order valence-electron chi connectivity index (χ3n) is 2.57. The molecule has 0 fully saturated rings. The lowest BCUT2D eigenvalue weighted by Crippen LogP contribution is -2.11. The van der Waals surface area contributed by atoms with Crippen LogP contribution < -0.4 is 10.1 Å². The van der Waals surface area contributed by atoms with E-state index in [9.17, 15) is 4.79 Å². The van der Waals surface area contributed by atoms with E-state index in [0.717, 1.165) is 22.0 Å². The highest BCUT2D eigenvalue weighted by molar-refractivity contribution is 7.13. The number of nitrogens with zero attached hydrogens (tertiary/aromatic N) is 1. The first-order chi connectivity index (χ1) is 8.60. The van der Waals surface area contributed by atoms with Crippen molar-refractivity contribution in [3.05, 3.63) is 39.8 Å². The molecule has 0 aliphatic carbocycles. The summed E-state index contributed by atoms with van der Waals surface area (Å²) in [6.07, 6.45) is 0. The maximum atomic E-state index is 11.9. The average molecular weight is 262 g/mol. The van der Waals surface area contributed by atoms with Crippen molar-refractivity contribution in [2.75, 3.05) is 12.4 Å². The smallest absolute Gasteiger partial charge is 0.284 e. The molecule has 0 aliphatic rings. The van der Waals surface area contributed by atoms with Gasteiger partial charge in [-0.2, -0.15) is 0 Å². The van der Waals surface area contributed by atoms with Crippen LogP contribution in [-0.4, -0.2) is 18.0 Å². The molecule has 0 spiro atoms. The number of benzene rings is 1. The summed E-state index contributed by atoms with van der Waals surface area (Å²) in [6.45, 7) is 3.85. The number of ether oxygens (including phenoxy) is 1. The van der Waals surface area contributed by atoms with Crippen molar-refractivity contribution in [3.63, 3.8) is 0 Å². The maximum absolute atomic E-state index is 11.9. The van der Waals surface area contributed by atoms with Gasteiger partial charge >= 0.3 is 0 Å². The van der Waals surface area contributed by atoms with Gasteiger partial charge in [-0.15, -0.1) is 11.3 Å². The van der Waals surface area contributed by atoms with Gasteiger partial charge in [0.05, 0.1) is 12.8 Å². The quantitative estimate of drug-likeness (QED) is 0.925. The second-order valence-corrected chi connectivity index (χ2v) is 5.05. The fourth-order valence-electron chi connectivity index (χ4n) is 1.43. The number of methoxy groups -OCH3 is 1. The summed E-state index contributed by atoms with van der Waals surface area (Å²) >= 11 is 1.40. The maximum Gasteiger partial charge on any atom is 0.284 e. The highest BCUT2D eigenvalue weighted by Crippen LogP contribution is 2.19. The molecule has 2 rings (SSSR count). The zero-order valence-corrected chi connectivity index (χ0v) is 11.3. The number of nitrogens with one attached hydrogen (secondary N) is 1. The molecule has 1 aromatic heterocycles. The zero-order valence-electron chi connectivity index (χ0n) is 10.5. The summed E-state index contributed by atoms with van der Waals surface area (Å²) in [5.74, 6) is 0.579. The topological polar surface area (TPSA) is 51.2 Å². The van der Waals surface area contributed by atoms with E-state index in [1.54, 1.807) is 31.4 Å². The van der Waals surface area contributed by atoms with Gasteiger partial charge in [-0.05, 0) is 38.1 Å². The molecule has 0 atom stereocenters. The van der Waals surface area contributed by atoms with Gasteiger partial charge in [0.15, 0.2) is 5.01 Å². The zero-order chi connectivity index (χ0) is 13.1. The number of thiazole rings is 1. The molecule has 1 N–H and O–H groups in total. The lowest BCUT2D eigenvalue weighted by Gasteiger charge is -2.04. The largest absolute Gasteiger partial charge is 0.497 e. The molecular formula is C13H14N2O2S. The number of carbonyl (C=O) groups is 1. The van der Waals surface area contributed by atoms with Gasteiger partial charge in [0.25, 0.3) is 5.91 Å². The van der Waals surface area contributed by atoms with Crippen LogP contribution in [0.1, 0.15) is 20.4 Å². The van der Waals surface area contributed by atoms with Crippen LogP contribution in [0.4, 0.5) is 5.69 Å². The second kappa shape index (κ2) is 5.18. The average Bonchev–Trinajstić information content (AvgIpc) is 2.71. The van der Waals surface area contributed by atoms with Gasteiger partial charge in [0, 0.05) is 10.6 Å². The Morgan fingerprint density at radius 2 is 1.94 bits per heavy atom. The fraction of sp³-hybridized carbons (Fsp3) is 0.231. The van der Waals surface area contributed by atoms with Crippen molar-refractivity contribution >= 4 is 22.9 Å². The third kappa shape index (κ3) is 2.68. The van der Waals surface area contributed by atoms with Crippen molar-refractivity contribution in [2.45, 2.75) is 13.8 Å². The van der Waals surface area contributed by atoms with Gasteiger partial charge in [0.1, 0.15) is 5.75 Å². The minimum atomic E-state index is -0.179. The standard InChI is InChI=1S/C13H14N2O2S/c1-8-9(2)18-13(14-8)12(16)15-10-4-6-11(17-3)7-5-10/h4-7H,1-3H3,(H,15,16). The Kier molecular flexibility index (Phi) is 3.62. The predicted octanol–water partition coefficient (Wildman–Crippen LogP) is 3.02. The Morgan fingerprint density at radius 1 is 1.28 bits per heavy atom. The number of aryl methyl sites for hydroxylation is 2. The van der Waals surface area contributed by atoms with Crippen molar-refractivity contribution in [3.8, 4) is 5.75 Å². The molecule has 1 aromatic carbocycles. The fourth-order valence-corrected chi connectivity index (χ4v) is 2.24. The second-order valence-electron chi connectivity index (χ2n) is 3.84. The number of rotatable bonds is 3.